The number of hydrogen-bond acceptors (Lipinski definition) is 5. The maximum Gasteiger partial charge on any atom is 0.285 e. The lowest BCUT2D eigenvalue weighted by Gasteiger charge is -2.30. The first-order valence-electron chi connectivity index (χ1n) is 11.4. The molecule has 2 aromatic carbocycles. The van der Waals surface area contributed by atoms with Gasteiger partial charge >= 0.3 is 0 Å². The maximum absolute atomic E-state index is 13.5. The van der Waals surface area contributed by atoms with Gasteiger partial charge in [-0.1, -0.05) is 35.9 Å². The van der Waals surface area contributed by atoms with Crippen molar-refractivity contribution < 1.29 is 13.2 Å². The summed E-state index contributed by atoms with van der Waals surface area (Å²) in [6.07, 6.45) is 2.46. The zero-order valence-electron chi connectivity index (χ0n) is 18.4. The van der Waals surface area contributed by atoms with Gasteiger partial charge in [-0.2, -0.15) is 8.42 Å². The highest BCUT2D eigenvalue weighted by Crippen LogP contribution is 2.31. The molecule has 0 saturated carbocycles. The quantitative estimate of drug-likeness (QED) is 0.666. The van der Waals surface area contributed by atoms with Gasteiger partial charge in [-0.3, -0.25) is 9.69 Å². The van der Waals surface area contributed by atoms with Crippen LogP contribution in [0.2, 0.25) is 5.02 Å². The van der Waals surface area contributed by atoms with Gasteiger partial charge < -0.3 is 9.80 Å². The summed E-state index contributed by atoms with van der Waals surface area (Å²) in [5.41, 5.74) is 1.81. The van der Waals surface area contributed by atoms with Crippen molar-refractivity contribution in [3.05, 3.63) is 64.7 Å². The van der Waals surface area contributed by atoms with Gasteiger partial charge in [-0.15, -0.1) is 4.40 Å². The number of rotatable bonds is 3. The summed E-state index contributed by atoms with van der Waals surface area (Å²) in [5, 5.41) is 0.731. The molecule has 3 aliphatic rings. The van der Waals surface area contributed by atoms with E-state index in [0.29, 0.717) is 37.5 Å². The molecule has 1 atom stereocenters. The van der Waals surface area contributed by atoms with Gasteiger partial charge in [-0.25, -0.2) is 0 Å². The predicted octanol–water partition coefficient (Wildman–Crippen LogP) is 2.99. The topological polar surface area (TPSA) is 73.3 Å². The van der Waals surface area contributed by atoms with Crippen LogP contribution in [0.4, 0.5) is 0 Å². The van der Waals surface area contributed by atoms with Crippen LogP contribution in [-0.4, -0.2) is 73.6 Å². The molecule has 0 aromatic heterocycles. The van der Waals surface area contributed by atoms with E-state index >= 15 is 0 Å². The fourth-order valence-electron chi connectivity index (χ4n) is 4.98. The van der Waals surface area contributed by atoms with E-state index in [4.69, 9.17) is 11.6 Å². The van der Waals surface area contributed by atoms with E-state index in [-0.39, 0.29) is 16.8 Å². The highest BCUT2D eigenvalue weighted by atomic mass is 35.5. The lowest BCUT2D eigenvalue weighted by atomic mass is 10.1. The Bertz CT molecular complexity index is 1180. The van der Waals surface area contributed by atoms with Crippen LogP contribution in [0.1, 0.15) is 30.4 Å². The minimum atomic E-state index is -3.71. The van der Waals surface area contributed by atoms with Crippen LogP contribution in [-0.2, 0) is 21.4 Å². The van der Waals surface area contributed by atoms with Gasteiger partial charge in [0.05, 0.1) is 0 Å². The summed E-state index contributed by atoms with van der Waals surface area (Å²) in [6.45, 7) is 4.58. The Hall–Kier alpha value is -2.42. The predicted molar refractivity (Wildman–Crippen MR) is 128 cm³/mol. The Balaban J connectivity index is 1.28. The monoisotopic (exact) mass is 486 g/mol. The molecule has 0 aliphatic carbocycles. The van der Waals surface area contributed by atoms with Crippen LogP contribution in [0.3, 0.4) is 0 Å². The SMILES string of the molecule is O=C([C@@H]1CCCN1C1=NS(=O)(=O)c2ccccc21)N1CCCN(Cc2ccc(Cl)cc2)CC1. The van der Waals surface area contributed by atoms with Crippen molar-refractivity contribution in [3.63, 3.8) is 0 Å². The molecule has 9 heteroatoms. The molecule has 0 unspecified atom stereocenters. The molecule has 2 aromatic rings. The number of amidine groups is 1. The average Bonchev–Trinajstić information content (AvgIpc) is 3.31. The van der Waals surface area contributed by atoms with E-state index in [1.54, 1.807) is 18.2 Å². The van der Waals surface area contributed by atoms with E-state index in [2.05, 4.69) is 9.30 Å². The molecule has 174 valence electrons. The molecule has 0 spiro atoms. The molecule has 2 fully saturated rings. The van der Waals surface area contributed by atoms with Crippen LogP contribution in [0.5, 0.6) is 0 Å². The minimum Gasteiger partial charge on any atom is -0.343 e. The van der Waals surface area contributed by atoms with Crippen molar-refractivity contribution in [2.24, 2.45) is 4.40 Å². The largest absolute Gasteiger partial charge is 0.343 e. The van der Waals surface area contributed by atoms with Gasteiger partial charge in [0.1, 0.15) is 10.9 Å². The second-order valence-corrected chi connectivity index (χ2v) is 10.8. The molecule has 5 rings (SSSR count). The molecule has 3 aliphatic heterocycles. The number of sulfonamides is 1. The molecule has 0 N–H and O–H groups in total. The zero-order valence-corrected chi connectivity index (χ0v) is 19.9. The summed E-state index contributed by atoms with van der Waals surface area (Å²) in [5.74, 6) is 0.492. The van der Waals surface area contributed by atoms with Gasteiger partial charge in [-0.05, 0) is 49.1 Å². The third-order valence-electron chi connectivity index (χ3n) is 6.64. The summed E-state index contributed by atoms with van der Waals surface area (Å²) in [6, 6.07) is 14.4. The third kappa shape index (κ3) is 4.52. The van der Waals surface area contributed by atoms with E-state index in [0.717, 1.165) is 37.5 Å². The van der Waals surface area contributed by atoms with Crippen molar-refractivity contribution >= 4 is 33.4 Å². The van der Waals surface area contributed by atoms with Gasteiger partial charge in [0.2, 0.25) is 5.91 Å². The summed E-state index contributed by atoms with van der Waals surface area (Å²) in [7, 11) is -3.71. The van der Waals surface area contributed by atoms with Crippen LogP contribution >= 0.6 is 11.6 Å². The molecule has 0 bridgehead atoms. The van der Waals surface area contributed by atoms with Crippen molar-refractivity contribution in [3.8, 4) is 0 Å². The fraction of sp³-hybridized carbons (Fsp3) is 0.417. The standard InChI is InChI=1S/C24H27ClN4O3S/c25-19-10-8-18(9-11-19)17-27-12-4-13-28(16-15-27)24(30)21-6-3-14-29(21)23-20-5-1-2-7-22(20)33(31,32)26-23/h1-2,5,7-11,21H,3-4,6,12-17H2/t21-/m0/s1. The van der Waals surface area contributed by atoms with Crippen molar-refractivity contribution in [1.29, 1.82) is 0 Å². The second-order valence-electron chi connectivity index (χ2n) is 8.82. The molecular weight excluding hydrogens is 460 g/mol. The van der Waals surface area contributed by atoms with Crippen molar-refractivity contribution in [2.45, 2.75) is 36.7 Å². The first-order chi connectivity index (χ1) is 15.9. The molecule has 7 nitrogen and oxygen atoms in total. The molecule has 33 heavy (non-hydrogen) atoms. The Morgan fingerprint density at radius 1 is 0.970 bits per heavy atom. The van der Waals surface area contributed by atoms with E-state index in [1.165, 1.54) is 5.56 Å². The number of likely N-dealkylation sites (tertiary alicyclic amines) is 1. The summed E-state index contributed by atoms with van der Waals surface area (Å²) in [4.78, 5) is 20.0. The Kier molecular flexibility index (Phi) is 6.16. The maximum atomic E-state index is 13.5. The van der Waals surface area contributed by atoms with E-state index in [1.807, 2.05) is 40.1 Å². The lowest BCUT2D eigenvalue weighted by Crippen LogP contribution is -2.48. The molecule has 3 heterocycles. The highest BCUT2D eigenvalue weighted by Gasteiger charge is 2.40. The first kappa shape index (κ1) is 22.4. The van der Waals surface area contributed by atoms with E-state index < -0.39 is 10.0 Å². The number of halogens is 1. The van der Waals surface area contributed by atoms with Crippen LogP contribution in [0.15, 0.2) is 57.8 Å². The van der Waals surface area contributed by atoms with Gasteiger partial charge in [0, 0.05) is 49.9 Å². The van der Waals surface area contributed by atoms with Crippen LogP contribution in [0, 0.1) is 0 Å². The van der Waals surface area contributed by atoms with Crippen molar-refractivity contribution in [2.75, 3.05) is 32.7 Å². The number of benzene rings is 2. The Morgan fingerprint density at radius 2 is 1.76 bits per heavy atom. The third-order valence-corrected chi connectivity index (χ3v) is 8.22. The highest BCUT2D eigenvalue weighted by molar-refractivity contribution is 7.90. The smallest absolute Gasteiger partial charge is 0.285 e. The average molecular weight is 487 g/mol. The molecule has 1 amide bonds. The number of nitrogens with zero attached hydrogens (tertiary/aromatic N) is 4. The number of hydrogen-bond donors (Lipinski definition) is 0. The molecule has 2 saturated heterocycles. The summed E-state index contributed by atoms with van der Waals surface area (Å²) >= 11 is 6.00. The number of amides is 1. The van der Waals surface area contributed by atoms with E-state index in [9.17, 15) is 13.2 Å². The fourth-order valence-corrected chi connectivity index (χ4v) is 6.32. The molecule has 0 radical (unpaired) electrons. The second kappa shape index (κ2) is 9.08. The lowest BCUT2D eigenvalue weighted by molar-refractivity contribution is -0.134. The Morgan fingerprint density at radius 3 is 2.58 bits per heavy atom. The number of carbonyl (C=O) groups excluding carboxylic acids is 1. The number of fused-ring (bicyclic) bond motifs is 1. The minimum absolute atomic E-state index is 0.0744. The van der Waals surface area contributed by atoms with Gasteiger partial charge in [0.25, 0.3) is 10.0 Å². The Labute approximate surface area is 199 Å². The van der Waals surface area contributed by atoms with Gasteiger partial charge in [0.15, 0.2) is 5.84 Å². The van der Waals surface area contributed by atoms with Crippen molar-refractivity contribution in [1.82, 2.24) is 14.7 Å². The number of carbonyl (C=O) groups is 1. The molecular formula is C24H27ClN4O3S. The summed E-state index contributed by atoms with van der Waals surface area (Å²) < 4.78 is 29.1. The van der Waals surface area contributed by atoms with Crippen LogP contribution in [0.25, 0.3) is 0 Å². The van der Waals surface area contributed by atoms with Crippen LogP contribution < -0.4 is 0 Å². The zero-order chi connectivity index (χ0) is 23.0. The normalized spacial score (nSPS) is 22.7. The first-order valence-corrected chi connectivity index (χ1v) is 13.2.